The zero-order valence-corrected chi connectivity index (χ0v) is 33.8. The third kappa shape index (κ3) is 7.62. The van der Waals surface area contributed by atoms with Crippen LogP contribution >= 0.6 is 0 Å². The monoisotopic (exact) mass is 808 g/mol. The van der Waals surface area contributed by atoms with Gasteiger partial charge in [0, 0.05) is 53.4 Å². The summed E-state index contributed by atoms with van der Waals surface area (Å²) in [6, 6.07) is 5.87. The normalized spacial score (nSPS) is 38.5. The first kappa shape index (κ1) is 43.3. The molecule has 0 amide bonds. The Morgan fingerprint density at radius 3 is 2.07 bits per heavy atom. The van der Waals surface area contributed by atoms with Crippen LogP contribution in [0.5, 0.6) is 5.75 Å². The number of aromatic hydroxyl groups is 1. The van der Waals surface area contributed by atoms with E-state index in [0.717, 1.165) is 83.5 Å². The molecule has 0 spiro atoms. The van der Waals surface area contributed by atoms with Crippen LogP contribution in [0.4, 0.5) is 0 Å². The van der Waals surface area contributed by atoms with Crippen LogP contribution in [0.25, 0.3) is 0 Å². The van der Waals surface area contributed by atoms with Gasteiger partial charge in [0.15, 0.2) is 11.4 Å². The predicted octanol–water partition coefficient (Wildman–Crippen LogP) is 7.39. The van der Waals surface area contributed by atoms with Gasteiger partial charge in [0.1, 0.15) is 11.4 Å². The summed E-state index contributed by atoms with van der Waals surface area (Å²) in [5.41, 5.74) is 2.26. The Morgan fingerprint density at radius 1 is 0.786 bits per heavy atom. The molecule has 4 N–H and O–H groups in total. The molecule has 7 aliphatic rings. The molecule has 1 aromatic carbocycles. The number of hydrogen-bond donors (Lipinski definition) is 4. The maximum absolute atomic E-state index is 11.8. The van der Waals surface area contributed by atoms with Gasteiger partial charge < -0.3 is 25.2 Å². The Morgan fingerprint density at radius 2 is 1.43 bits per heavy atom. The number of carboxylic acids is 2. The maximum Gasteiger partial charge on any atom is 0.328 e. The number of aryl methyl sites for hydroxylation is 1. The van der Waals surface area contributed by atoms with Crippen LogP contribution in [0.15, 0.2) is 42.0 Å². The fourth-order valence-corrected chi connectivity index (χ4v) is 12.8. The first-order chi connectivity index (χ1) is 26.0. The molecule has 56 heavy (non-hydrogen) atoms. The standard InChI is InChI=1S/C22H28O3.C20H24O2.C4H4O4.Fe/c1-4-22(25-14(2)23)12-10-20-19-7-5-15-13-16(24)6-8-17(15)18(19)9-11-21(20,22)3;1-3-20(22)11-9-18-17-6-4-13-12-14(21)5-7-15(13)16(17)8-10-19(18,20)2;5-3(6)1-2-4(7)8;/h1,13,17-20H,5-12H2,2-3H3;1,5,7,12,16-18,21-22H,4,6,8-11H2,2H3;1-2H,(H,5,6)(H,7,8);/b;;2-1+;/t;16-,17-,18+,19+,20+;;/m.1../s1. The molecule has 1 aromatic rings. The molecular weight excluding hydrogens is 752 g/mol. The molecule has 302 valence electrons. The predicted molar refractivity (Wildman–Crippen MR) is 206 cm³/mol. The topological polar surface area (TPSA) is 158 Å². The van der Waals surface area contributed by atoms with Gasteiger partial charge in [-0.05, 0) is 154 Å². The molecule has 6 unspecified atom stereocenters. The summed E-state index contributed by atoms with van der Waals surface area (Å²) in [7, 11) is 0. The van der Waals surface area contributed by atoms with E-state index in [4.69, 9.17) is 27.8 Å². The molecule has 0 bridgehead atoms. The summed E-state index contributed by atoms with van der Waals surface area (Å²) in [5.74, 6) is 7.71. The van der Waals surface area contributed by atoms with Gasteiger partial charge in [0.25, 0.3) is 0 Å². The number of carbonyl (C=O) groups is 4. The minimum atomic E-state index is -1.26. The number of aliphatic carboxylic acids is 2. The molecule has 8 rings (SSSR count). The summed E-state index contributed by atoms with van der Waals surface area (Å²) < 4.78 is 5.79. The van der Waals surface area contributed by atoms with Crippen molar-refractivity contribution < 1.29 is 61.4 Å². The smallest absolute Gasteiger partial charge is 0.328 e. The van der Waals surface area contributed by atoms with E-state index in [2.05, 4.69) is 31.8 Å². The van der Waals surface area contributed by atoms with Crippen molar-refractivity contribution in [2.24, 2.45) is 46.3 Å². The Labute approximate surface area is 341 Å². The number of esters is 1. The average molecular weight is 809 g/mol. The molecule has 0 aromatic heterocycles. The van der Waals surface area contributed by atoms with Crippen molar-refractivity contribution >= 4 is 23.7 Å². The molecule has 10 heteroatoms. The third-order valence-electron chi connectivity index (χ3n) is 15.4. The van der Waals surface area contributed by atoms with Gasteiger partial charge in [-0.1, -0.05) is 37.3 Å². The van der Waals surface area contributed by atoms with Crippen molar-refractivity contribution in [1.82, 2.24) is 0 Å². The molecule has 0 heterocycles. The first-order valence-corrected chi connectivity index (χ1v) is 20.1. The van der Waals surface area contributed by atoms with Crippen molar-refractivity contribution in [3.8, 4) is 30.4 Å². The Balaban J connectivity index is 0.000000178. The van der Waals surface area contributed by atoms with Gasteiger partial charge in [-0.25, -0.2) is 9.59 Å². The third-order valence-corrected chi connectivity index (χ3v) is 15.4. The number of phenols is 1. The number of terminal acetylenes is 2. The molecule has 0 aliphatic heterocycles. The van der Waals surface area contributed by atoms with E-state index in [-0.39, 0.29) is 33.9 Å². The van der Waals surface area contributed by atoms with Crippen LogP contribution in [-0.4, -0.2) is 55.3 Å². The van der Waals surface area contributed by atoms with Crippen molar-refractivity contribution in [3.63, 3.8) is 0 Å². The van der Waals surface area contributed by atoms with Crippen LogP contribution in [0, 0.1) is 71.0 Å². The molecular formula is C46H56FeO9. The van der Waals surface area contributed by atoms with E-state index in [0.29, 0.717) is 71.5 Å². The fourth-order valence-electron chi connectivity index (χ4n) is 12.8. The molecule has 5 saturated carbocycles. The van der Waals surface area contributed by atoms with Crippen molar-refractivity contribution in [2.45, 2.75) is 128 Å². The number of benzene rings is 1. The number of ether oxygens (including phenoxy) is 1. The second-order valence-electron chi connectivity index (χ2n) is 17.7. The molecule has 9 nitrogen and oxygen atoms in total. The Hall–Kier alpha value is -3.82. The number of carbonyl (C=O) groups excluding carboxylic acids is 2. The average Bonchev–Trinajstić information content (AvgIpc) is 3.60. The minimum Gasteiger partial charge on any atom is -0.508 e. The number of phenolic OH excluding ortho intramolecular Hbond substituents is 1. The first-order valence-electron chi connectivity index (χ1n) is 20.1. The van der Waals surface area contributed by atoms with Gasteiger partial charge in [-0.3, -0.25) is 9.59 Å². The van der Waals surface area contributed by atoms with Gasteiger partial charge in [0.05, 0.1) is 0 Å². The number of hydrogen-bond acceptors (Lipinski definition) is 7. The van der Waals surface area contributed by atoms with E-state index in [1.807, 2.05) is 18.2 Å². The van der Waals surface area contributed by atoms with E-state index in [1.165, 1.54) is 23.6 Å². The molecule has 0 radical (unpaired) electrons. The van der Waals surface area contributed by atoms with E-state index in [9.17, 15) is 29.4 Å². The quantitative estimate of drug-likeness (QED) is 0.106. The summed E-state index contributed by atoms with van der Waals surface area (Å²) >= 11 is 0. The van der Waals surface area contributed by atoms with Crippen LogP contribution in [0.1, 0.15) is 121 Å². The zero-order chi connectivity index (χ0) is 39.9. The summed E-state index contributed by atoms with van der Waals surface area (Å²) in [6.45, 7) is 5.95. The number of carboxylic acid groups (broad SMARTS) is 2. The number of fused-ring (bicyclic) bond motifs is 10. The second kappa shape index (κ2) is 16.6. The fraction of sp³-hybridized carbons (Fsp3) is 0.609. The number of ketones is 1. The second-order valence-corrected chi connectivity index (χ2v) is 17.7. The number of allylic oxidation sites excluding steroid dienone is 1. The minimum absolute atomic E-state index is 0. The Kier molecular flexibility index (Phi) is 12.8. The summed E-state index contributed by atoms with van der Waals surface area (Å²) in [6.07, 6.45) is 28.7. The molecule has 7 aliphatic carbocycles. The van der Waals surface area contributed by atoms with E-state index in [1.54, 1.807) is 0 Å². The number of aliphatic hydroxyl groups is 1. The van der Waals surface area contributed by atoms with Crippen molar-refractivity contribution in [2.75, 3.05) is 0 Å². The largest absolute Gasteiger partial charge is 0.508 e. The SMILES string of the molecule is C#CC1(OC(C)=O)CCC2C3CCC4=CC(=O)CCC4C3CCC21C.C#C[C@]1(O)CC[C@H]2[C@@H]3CCc4cc(O)ccc4[C@H]3CC[C@@]21C.O=C(O)/C=C/C(=O)O.[Fe]. The van der Waals surface area contributed by atoms with E-state index < -0.39 is 23.1 Å². The molecule has 5 fully saturated rings. The maximum atomic E-state index is 11.8. The van der Waals surface area contributed by atoms with E-state index >= 15 is 0 Å². The van der Waals surface area contributed by atoms with Gasteiger partial charge in [-0.15, -0.1) is 12.8 Å². The molecule has 11 atom stereocenters. The zero-order valence-electron chi connectivity index (χ0n) is 32.7. The Bertz CT molecular complexity index is 1850. The van der Waals surface area contributed by atoms with Crippen LogP contribution < -0.4 is 0 Å². The van der Waals surface area contributed by atoms with Gasteiger partial charge in [-0.2, -0.15) is 0 Å². The molecule has 0 saturated heterocycles. The summed E-state index contributed by atoms with van der Waals surface area (Å²) in [5, 5.41) is 36.3. The van der Waals surface area contributed by atoms with Crippen LogP contribution in [0.3, 0.4) is 0 Å². The summed E-state index contributed by atoms with van der Waals surface area (Å²) in [4.78, 5) is 42.6. The van der Waals surface area contributed by atoms with Crippen molar-refractivity contribution in [1.29, 1.82) is 0 Å². The van der Waals surface area contributed by atoms with Gasteiger partial charge in [0.2, 0.25) is 0 Å². The van der Waals surface area contributed by atoms with Gasteiger partial charge >= 0.3 is 17.9 Å². The number of rotatable bonds is 3. The van der Waals surface area contributed by atoms with Crippen LogP contribution in [-0.2, 0) is 47.4 Å². The van der Waals surface area contributed by atoms with Crippen LogP contribution in [0.2, 0.25) is 0 Å². The van der Waals surface area contributed by atoms with Crippen molar-refractivity contribution in [3.05, 3.63) is 53.1 Å².